The summed E-state index contributed by atoms with van der Waals surface area (Å²) in [6.07, 6.45) is -0.0918. The molecule has 0 radical (unpaired) electrons. The van der Waals surface area contributed by atoms with Crippen molar-refractivity contribution in [3.63, 3.8) is 0 Å². The standard InChI is InChI=1S/C16H22N2O4/c1-12-8-16(9-14(19)20,11-18(12)2)17-15(21)22-10-13-6-4-3-5-7-13/h3-7,12H,8-11H2,1-2H3,(H,17,21)(H,19,20). The van der Waals surface area contributed by atoms with Gasteiger partial charge in [0.15, 0.2) is 0 Å². The van der Waals surface area contributed by atoms with E-state index < -0.39 is 17.6 Å². The van der Waals surface area contributed by atoms with Crippen molar-refractivity contribution in [3.8, 4) is 0 Å². The van der Waals surface area contributed by atoms with Gasteiger partial charge in [-0.1, -0.05) is 30.3 Å². The first kappa shape index (κ1) is 16.3. The lowest BCUT2D eigenvalue weighted by Crippen LogP contribution is -2.51. The summed E-state index contributed by atoms with van der Waals surface area (Å²) in [7, 11) is 1.92. The van der Waals surface area contributed by atoms with E-state index in [1.54, 1.807) is 0 Å². The van der Waals surface area contributed by atoms with Gasteiger partial charge in [-0.3, -0.25) is 4.79 Å². The first-order valence-electron chi connectivity index (χ1n) is 7.31. The second-order valence-electron chi connectivity index (χ2n) is 6.01. The molecule has 0 aliphatic carbocycles. The molecule has 1 aromatic rings. The number of alkyl carbamates (subject to hydrolysis) is 1. The number of ether oxygens (including phenoxy) is 1. The van der Waals surface area contributed by atoms with E-state index in [4.69, 9.17) is 9.84 Å². The van der Waals surface area contributed by atoms with Crippen LogP contribution in [0.4, 0.5) is 4.79 Å². The minimum Gasteiger partial charge on any atom is -0.481 e. The predicted octanol–water partition coefficient (Wildman–Crippen LogP) is 1.85. The van der Waals surface area contributed by atoms with E-state index in [0.29, 0.717) is 13.0 Å². The van der Waals surface area contributed by atoms with Crippen molar-refractivity contribution in [2.75, 3.05) is 13.6 Å². The number of amides is 1. The topological polar surface area (TPSA) is 78.9 Å². The lowest BCUT2D eigenvalue weighted by atomic mass is 9.92. The van der Waals surface area contributed by atoms with Crippen molar-refractivity contribution in [1.29, 1.82) is 0 Å². The van der Waals surface area contributed by atoms with Gasteiger partial charge in [-0.2, -0.15) is 0 Å². The maximum absolute atomic E-state index is 12.0. The predicted molar refractivity (Wildman–Crippen MR) is 81.5 cm³/mol. The van der Waals surface area contributed by atoms with Crippen LogP contribution in [0.2, 0.25) is 0 Å². The van der Waals surface area contributed by atoms with Crippen LogP contribution in [0, 0.1) is 0 Å². The SMILES string of the molecule is CC1CC(CC(=O)O)(NC(=O)OCc2ccccc2)CN1C. The second-order valence-corrected chi connectivity index (χ2v) is 6.01. The van der Waals surface area contributed by atoms with Crippen LogP contribution in [0.25, 0.3) is 0 Å². The zero-order chi connectivity index (χ0) is 16.2. The molecule has 2 atom stereocenters. The fourth-order valence-electron chi connectivity index (χ4n) is 2.95. The Morgan fingerprint density at radius 2 is 2.09 bits per heavy atom. The van der Waals surface area contributed by atoms with Crippen molar-refractivity contribution < 1.29 is 19.4 Å². The highest BCUT2D eigenvalue weighted by atomic mass is 16.5. The van der Waals surface area contributed by atoms with Gasteiger partial charge in [0.1, 0.15) is 6.61 Å². The monoisotopic (exact) mass is 306 g/mol. The van der Waals surface area contributed by atoms with Crippen molar-refractivity contribution in [1.82, 2.24) is 10.2 Å². The summed E-state index contributed by atoms with van der Waals surface area (Å²) in [6.45, 7) is 2.68. The molecular formula is C16H22N2O4. The van der Waals surface area contributed by atoms with Crippen LogP contribution in [0.5, 0.6) is 0 Å². The average Bonchev–Trinajstić information content (AvgIpc) is 2.71. The largest absolute Gasteiger partial charge is 0.481 e. The number of likely N-dealkylation sites (N-methyl/N-ethyl adjacent to an activating group) is 1. The molecule has 0 spiro atoms. The quantitative estimate of drug-likeness (QED) is 0.868. The molecule has 1 aliphatic rings. The summed E-state index contributed by atoms with van der Waals surface area (Å²) in [6, 6.07) is 9.58. The summed E-state index contributed by atoms with van der Waals surface area (Å²) in [5.41, 5.74) is 0.121. The Kier molecular flexibility index (Phi) is 5.03. The minimum atomic E-state index is -0.925. The molecule has 1 amide bonds. The van der Waals surface area contributed by atoms with Gasteiger partial charge in [-0.15, -0.1) is 0 Å². The molecule has 0 saturated carbocycles. The molecule has 6 heteroatoms. The summed E-state index contributed by atoms with van der Waals surface area (Å²) < 4.78 is 5.21. The fourth-order valence-corrected chi connectivity index (χ4v) is 2.95. The number of hydrogen-bond acceptors (Lipinski definition) is 4. The highest BCUT2D eigenvalue weighted by Crippen LogP contribution is 2.29. The molecule has 0 aromatic heterocycles. The van der Waals surface area contributed by atoms with Gasteiger partial charge in [0, 0.05) is 12.6 Å². The smallest absolute Gasteiger partial charge is 0.407 e. The minimum absolute atomic E-state index is 0.109. The van der Waals surface area contributed by atoms with E-state index in [0.717, 1.165) is 5.56 Å². The molecule has 1 heterocycles. The summed E-state index contributed by atoms with van der Waals surface area (Å²) in [5, 5.41) is 11.9. The Balaban J connectivity index is 1.95. The summed E-state index contributed by atoms with van der Waals surface area (Å²) in [5.74, 6) is -0.925. The van der Waals surface area contributed by atoms with Crippen molar-refractivity contribution in [2.24, 2.45) is 0 Å². The molecule has 1 saturated heterocycles. The molecule has 2 rings (SSSR count). The van der Waals surface area contributed by atoms with Crippen LogP contribution in [0.1, 0.15) is 25.3 Å². The first-order valence-corrected chi connectivity index (χ1v) is 7.31. The lowest BCUT2D eigenvalue weighted by Gasteiger charge is -2.28. The van der Waals surface area contributed by atoms with E-state index in [1.165, 1.54) is 0 Å². The van der Waals surface area contributed by atoms with E-state index in [2.05, 4.69) is 5.32 Å². The number of carboxylic acid groups (broad SMARTS) is 1. The van der Waals surface area contributed by atoms with Gasteiger partial charge in [0.25, 0.3) is 0 Å². The maximum atomic E-state index is 12.0. The van der Waals surface area contributed by atoms with Gasteiger partial charge in [0.05, 0.1) is 12.0 Å². The van der Waals surface area contributed by atoms with Crippen LogP contribution in [0.15, 0.2) is 30.3 Å². The Morgan fingerprint density at radius 3 is 2.64 bits per heavy atom. The average molecular weight is 306 g/mol. The number of carbonyl (C=O) groups is 2. The molecule has 1 aliphatic heterocycles. The Bertz CT molecular complexity index is 522. The van der Waals surface area contributed by atoms with Gasteiger partial charge in [0.2, 0.25) is 0 Å². The summed E-state index contributed by atoms with van der Waals surface area (Å²) in [4.78, 5) is 25.2. The number of likely N-dealkylation sites (tertiary alicyclic amines) is 1. The lowest BCUT2D eigenvalue weighted by molar-refractivity contribution is -0.138. The third-order valence-corrected chi connectivity index (χ3v) is 4.06. The van der Waals surface area contributed by atoms with Crippen molar-refractivity contribution >= 4 is 12.1 Å². The zero-order valence-corrected chi connectivity index (χ0v) is 12.9. The van der Waals surface area contributed by atoms with Crippen molar-refractivity contribution in [3.05, 3.63) is 35.9 Å². The van der Waals surface area contributed by atoms with Crippen molar-refractivity contribution in [2.45, 2.75) is 38.0 Å². The van der Waals surface area contributed by atoms with Crippen LogP contribution in [0.3, 0.4) is 0 Å². The molecule has 22 heavy (non-hydrogen) atoms. The van der Waals surface area contributed by atoms with Gasteiger partial charge < -0.3 is 20.1 Å². The molecule has 0 bridgehead atoms. The third kappa shape index (κ3) is 4.21. The maximum Gasteiger partial charge on any atom is 0.407 e. The number of carboxylic acids is 1. The molecule has 2 N–H and O–H groups in total. The van der Waals surface area contributed by atoms with Crippen LogP contribution in [-0.2, 0) is 16.1 Å². The first-order chi connectivity index (χ1) is 10.4. The number of benzene rings is 1. The van der Waals surface area contributed by atoms with Gasteiger partial charge >= 0.3 is 12.1 Å². The number of carbonyl (C=O) groups excluding carboxylic acids is 1. The molecule has 1 aromatic carbocycles. The van der Waals surface area contributed by atoms with E-state index in [9.17, 15) is 9.59 Å². The third-order valence-electron chi connectivity index (χ3n) is 4.06. The summed E-state index contributed by atoms with van der Waals surface area (Å²) >= 11 is 0. The van der Waals surface area contributed by atoms with E-state index in [1.807, 2.05) is 49.2 Å². The number of hydrogen-bond donors (Lipinski definition) is 2. The molecule has 120 valence electrons. The Labute approximate surface area is 130 Å². The number of nitrogens with zero attached hydrogens (tertiary/aromatic N) is 1. The number of rotatable bonds is 5. The van der Waals surface area contributed by atoms with Gasteiger partial charge in [-0.05, 0) is 26.0 Å². The highest BCUT2D eigenvalue weighted by Gasteiger charge is 2.43. The fraction of sp³-hybridized carbons (Fsp3) is 0.500. The molecule has 6 nitrogen and oxygen atoms in total. The van der Waals surface area contributed by atoms with E-state index in [-0.39, 0.29) is 19.1 Å². The molecule has 1 fully saturated rings. The van der Waals surface area contributed by atoms with E-state index >= 15 is 0 Å². The number of aliphatic carboxylic acids is 1. The van der Waals surface area contributed by atoms with Crippen LogP contribution in [-0.4, -0.2) is 47.2 Å². The second kappa shape index (κ2) is 6.79. The normalized spacial score (nSPS) is 24.9. The number of nitrogens with one attached hydrogen (secondary N) is 1. The van der Waals surface area contributed by atoms with Gasteiger partial charge in [-0.25, -0.2) is 4.79 Å². The van der Waals surface area contributed by atoms with Crippen LogP contribution < -0.4 is 5.32 Å². The van der Waals surface area contributed by atoms with Crippen LogP contribution >= 0.6 is 0 Å². The molecule has 2 unspecified atom stereocenters. The molecular weight excluding hydrogens is 284 g/mol. The Morgan fingerprint density at radius 1 is 1.41 bits per heavy atom. The zero-order valence-electron chi connectivity index (χ0n) is 12.9. The Hall–Kier alpha value is -2.08. The highest BCUT2D eigenvalue weighted by molar-refractivity contribution is 5.73.